The van der Waals surface area contributed by atoms with Gasteiger partial charge in [0.15, 0.2) is 0 Å². The van der Waals surface area contributed by atoms with Gasteiger partial charge in [-0.15, -0.1) is 11.3 Å². The molecule has 0 spiro atoms. The Balaban J connectivity index is 2.33. The summed E-state index contributed by atoms with van der Waals surface area (Å²) in [6.45, 7) is 0.957. The van der Waals surface area contributed by atoms with Crippen LogP contribution in [0.25, 0.3) is 0 Å². The molecule has 1 aromatic heterocycles. The number of rotatable bonds is 2. The fraction of sp³-hybridized carbons (Fsp3) is 0.556. The van der Waals surface area contributed by atoms with Crippen LogP contribution in [0, 0.1) is 0 Å². The molecule has 1 atom stereocenters. The standard InChI is InChI=1S/C9H12Br2N2O2S2/c10-8-4-7(9(11)16-8)17(14,15)13-3-1-2-6(12)5-13/h4,6H,1-3,5,12H2/t6-/m1/s1. The zero-order valence-corrected chi connectivity index (χ0v) is 13.7. The number of thiophene rings is 1. The Bertz CT molecular complexity index is 515. The lowest BCUT2D eigenvalue weighted by Gasteiger charge is -2.29. The molecule has 8 heteroatoms. The monoisotopic (exact) mass is 402 g/mol. The fourth-order valence-corrected chi connectivity index (χ4v) is 7.13. The summed E-state index contributed by atoms with van der Waals surface area (Å²) in [5.41, 5.74) is 5.82. The first kappa shape index (κ1) is 14.0. The van der Waals surface area contributed by atoms with Crippen molar-refractivity contribution in [1.82, 2.24) is 4.31 Å². The highest BCUT2D eigenvalue weighted by Gasteiger charge is 2.31. The average Bonchev–Trinajstić information content (AvgIpc) is 2.58. The van der Waals surface area contributed by atoms with Crippen LogP contribution in [0.3, 0.4) is 0 Å². The molecular weight excluding hydrogens is 392 g/mol. The van der Waals surface area contributed by atoms with Gasteiger partial charge in [-0.3, -0.25) is 0 Å². The second kappa shape index (κ2) is 5.26. The van der Waals surface area contributed by atoms with Crippen molar-refractivity contribution in [3.63, 3.8) is 0 Å². The van der Waals surface area contributed by atoms with Crippen LogP contribution in [0.5, 0.6) is 0 Å². The Kier molecular flexibility index (Phi) is 4.32. The van der Waals surface area contributed by atoms with Gasteiger partial charge in [0.25, 0.3) is 0 Å². The SMILES string of the molecule is N[C@@H]1CCCN(S(=O)(=O)c2cc(Br)sc2Br)C1. The summed E-state index contributed by atoms with van der Waals surface area (Å²) < 4.78 is 27.7. The molecule has 0 aliphatic carbocycles. The lowest BCUT2D eigenvalue weighted by atomic mass is 10.1. The molecule has 0 bridgehead atoms. The van der Waals surface area contributed by atoms with Gasteiger partial charge in [0.2, 0.25) is 10.0 Å². The highest BCUT2D eigenvalue weighted by Crippen LogP contribution is 2.36. The highest BCUT2D eigenvalue weighted by molar-refractivity contribution is 9.12. The minimum Gasteiger partial charge on any atom is -0.327 e. The van der Waals surface area contributed by atoms with Gasteiger partial charge < -0.3 is 5.73 Å². The van der Waals surface area contributed by atoms with Crippen LogP contribution in [0.15, 0.2) is 18.5 Å². The Morgan fingerprint density at radius 2 is 2.18 bits per heavy atom. The largest absolute Gasteiger partial charge is 0.327 e. The number of sulfonamides is 1. The van der Waals surface area contributed by atoms with Gasteiger partial charge >= 0.3 is 0 Å². The van der Waals surface area contributed by atoms with E-state index in [0.29, 0.717) is 21.8 Å². The van der Waals surface area contributed by atoms with Crippen LogP contribution in [-0.2, 0) is 10.0 Å². The lowest BCUT2D eigenvalue weighted by Crippen LogP contribution is -2.45. The van der Waals surface area contributed by atoms with Crippen molar-refractivity contribution in [2.75, 3.05) is 13.1 Å². The van der Waals surface area contributed by atoms with Gasteiger partial charge in [-0.25, -0.2) is 8.42 Å². The molecule has 0 unspecified atom stereocenters. The average molecular weight is 404 g/mol. The molecule has 2 N–H and O–H groups in total. The molecule has 0 aromatic carbocycles. The van der Waals surface area contributed by atoms with E-state index in [0.717, 1.165) is 16.6 Å². The third-order valence-electron chi connectivity index (χ3n) is 2.66. The van der Waals surface area contributed by atoms with Crippen molar-refractivity contribution < 1.29 is 8.42 Å². The molecule has 2 heterocycles. The predicted molar refractivity (Wildman–Crippen MR) is 75.7 cm³/mol. The maximum Gasteiger partial charge on any atom is 0.245 e. The Labute approximate surface area is 121 Å². The quantitative estimate of drug-likeness (QED) is 0.824. The molecule has 1 aliphatic rings. The van der Waals surface area contributed by atoms with Crippen molar-refractivity contribution >= 4 is 53.2 Å². The molecule has 96 valence electrons. The summed E-state index contributed by atoms with van der Waals surface area (Å²) in [5, 5.41) is 0. The fourth-order valence-electron chi connectivity index (χ4n) is 1.83. The topological polar surface area (TPSA) is 63.4 Å². The van der Waals surface area contributed by atoms with Crippen molar-refractivity contribution in [3.8, 4) is 0 Å². The zero-order chi connectivity index (χ0) is 12.6. The van der Waals surface area contributed by atoms with E-state index in [1.807, 2.05) is 0 Å². The van der Waals surface area contributed by atoms with Crippen LogP contribution < -0.4 is 5.73 Å². The minimum atomic E-state index is -3.42. The number of halogens is 2. The van der Waals surface area contributed by atoms with Crippen LogP contribution in [0.2, 0.25) is 0 Å². The maximum atomic E-state index is 12.4. The molecule has 2 rings (SSSR count). The van der Waals surface area contributed by atoms with E-state index in [1.54, 1.807) is 6.07 Å². The van der Waals surface area contributed by atoms with Crippen LogP contribution in [0.1, 0.15) is 12.8 Å². The van der Waals surface area contributed by atoms with Crippen molar-refractivity contribution in [2.45, 2.75) is 23.8 Å². The first-order valence-electron chi connectivity index (χ1n) is 5.12. The highest BCUT2D eigenvalue weighted by atomic mass is 79.9. The van der Waals surface area contributed by atoms with Crippen LogP contribution >= 0.6 is 43.2 Å². The summed E-state index contributed by atoms with van der Waals surface area (Å²) >= 11 is 7.94. The van der Waals surface area contributed by atoms with Gasteiger partial charge in [-0.2, -0.15) is 4.31 Å². The molecule has 0 amide bonds. The Hall–Kier alpha value is 0.530. The Morgan fingerprint density at radius 3 is 2.71 bits per heavy atom. The van der Waals surface area contributed by atoms with Gasteiger partial charge in [-0.05, 0) is 50.8 Å². The second-order valence-corrected chi connectivity index (χ2v) is 9.61. The molecule has 1 saturated heterocycles. The lowest BCUT2D eigenvalue weighted by molar-refractivity contribution is 0.316. The van der Waals surface area contributed by atoms with E-state index < -0.39 is 10.0 Å². The molecule has 1 aliphatic heterocycles. The van der Waals surface area contributed by atoms with Gasteiger partial charge in [-0.1, -0.05) is 0 Å². The van der Waals surface area contributed by atoms with Gasteiger partial charge in [0.05, 0.1) is 7.57 Å². The van der Waals surface area contributed by atoms with E-state index in [2.05, 4.69) is 31.9 Å². The number of hydrogen-bond acceptors (Lipinski definition) is 4. The van der Waals surface area contributed by atoms with E-state index in [-0.39, 0.29) is 6.04 Å². The Morgan fingerprint density at radius 1 is 1.47 bits per heavy atom. The van der Waals surface area contributed by atoms with Crippen molar-refractivity contribution in [2.24, 2.45) is 5.73 Å². The predicted octanol–water partition coefficient (Wildman–Crippen LogP) is 2.38. The molecule has 17 heavy (non-hydrogen) atoms. The number of nitrogens with two attached hydrogens (primary N) is 1. The normalized spacial score (nSPS) is 22.9. The third-order valence-corrected chi connectivity index (χ3v) is 7.28. The smallest absolute Gasteiger partial charge is 0.245 e. The summed E-state index contributed by atoms with van der Waals surface area (Å²) in [7, 11) is -3.42. The van der Waals surface area contributed by atoms with Crippen molar-refractivity contribution in [1.29, 1.82) is 0 Å². The minimum absolute atomic E-state index is 0.0561. The summed E-state index contributed by atoms with van der Waals surface area (Å²) in [4.78, 5) is 0.323. The van der Waals surface area contributed by atoms with Crippen molar-refractivity contribution in [3.05, 3.63) is 13.6 Å². The summed E-state index contributed by atoms with van der Waals surface area (Å²) in [5.74, 6) is 0. The first-order chi connectivity index (χ1) is 7.91. The first-order valence-corrected chi connectivity index (χ1v) is 8.96. The maximum absolute atomic E-state index is 12.4. The molecule has 1 fully saturated rings. The molecule has 4 nitrogen and oxygen atoms in total. The van der Waals surface area contributed by atoms with E-state index >= 15 is 0 Å². The summed E-state index contributed by atoms with van der Waals surface area (Å²) in [6.07, 6.45) is 1.71. The van der Waals surface area contributed by atoms with E-state index in [4.69, 9.17) is 5.73 Å². The number of hydrogen-bond donors (Lipinski definition) is 1. The number of nitrogens with zero attached hydrogens (tertiary/aromatic N) is 1. The van der Waals surface area contributed by atoms with Crippen LogP contribution in [-0.4, -0.2) is 31.9 Å². The molecule has 0 saturated carbocycles. The van der Waals surface area contributed by atoms with Gasteiger partial charge in [0.1, 0.15) is 4.90 Å². The number of piperidine rings is 1. The molecule has 0 radical (unpaired) electrons. The molecular formula is C9H12Br2N2O2S2. The van der Waals surface area contributed by atoms with Crippen LogP contribution in [0.4, 0.5) is 0 Å². The second-order valence-electron chi connectivity index (χ2n) is 3.95. The third kappa shape index (κ3) is 2.93. The van der Waals surface area contributed by atoms with Gasteiger partial charge in [0, 0.05) is 19.1 Å². The zero-order valence-electron chi connectivity index (χ0n) is 8.90. The summed E-state index contributed by atoms with van der Waals surface area (Å²) in [6, 6.07) is 1.57. The van der Waals surface area contributed by atoms with E-state index in [9.17, 15) is 8.42 Å². The molecule has 1 aromatic rings. The van der Waals surface area contributed by atoms with E-state index in [1.165, 1.54) is 15.6 Å².